The highest BCUT2D eigenvalue weighted by molar-refractivity contribution is 9.10. The van der Waals surface area contributed by atoms with Gasteiger partial charge in [-0.25, -0.2) is 4.98 Å². The van der Waals surface area contributed by atoms with Crippen molar-refractivity contribution < 1.29 is 22.6 Å². The predicted octanol–water partition coefficient (Wildman–Crippen LogP) is 4.14. The number of aryl methyl sites for hydroxylation is 1. The molecule has 0 atom stereocenters. The lowest BCUT2D eigenvalue weighted by molar-refractivity contribution is -0.274. The van der Waals surface area contributed by atoms with Gasteiger partial charge in [0.25, 0.3) is 0 Å². The third kappa shape index (κ3) is 4.38. The maximum atomic E-state index is 12.2. The minimum atomic E-state index is -4.73. The number of hydrogen-bond acceptors (Lipinski definition) is 3. The highest BCUT2D eigenvalue weighted by Crippen LogP contribution is 2.33. The Labute approximate surface area is 127 Å². The summed E-state index contributed by atoms with van der Waals surface area (Å²) in [5.41, 5.74) is 0. The molecule has 0 amide bonds. The van der Waals surface area contributed by atoms with Crippen LogP contribution >= 0.6 is 15.9 Å². The fourth-order valence-electron chi connectivity index (χ4n) is 1.69. The molecule has 1 aromatic carbocycles. The molecule has 0 saturated carbocycles. The molecule has 0 aliphatic carbocycles. The van der Waals surface area contributed by atoms with Gasteiger partial charge in [0.2, 0.25) is 0 Å². The first-order chi connectivity index (χ1) is 9.89. The Kier molecular flexibility index (Phi) is 4.76. The van der Waals surface area contributed by atoms with Crippen LogP contribution in [0.15, 0.2) is 35.1 Å². The number of benzene rings is 1. The monoisotopic (exact) mass is 364 g/mol. The van der Waals surface area contributed by atoms with Gasteiger partial charge in [-0.2, -0.15) is 0 Å². The van der Waals surface area contributed by atoms with E-state index in [2.05, 4.69) is 25.7 Å². The minimum absolute atomic E-state index is 0.163. The van der Waals surface area contributed by atoms with Crippen LogP contribution in [0.4, 0.5) is 13.2 Å². The Morgan fingerprint density at radius 2 is 2.10 bits per heavy atom. The average Bonchev–Trinajstić information content (AvgIpc) is 2.85. The van der Waals surface area contributed by atoms with Crippen molar-refractivity contribution in [2.24, 2.45) is 0 Å². The van der Waals surface area contributed by atoms with E-state index in [1.54, 1.807) is 6.20 Å². The van der Waals surface area contributed by atoms with Crippen LogP contribution in [0.25, 0.3) is 0 Å². The van der Waals surface area contributed by atoms with Gasteiger partial charge in [-0.05, 0) is 41.1 Å². The van der Waals surface area contributed by atoms with Crippen LogP contribution in [-0.4, -0.2) is 15.9 Å². The highest BCUT2D eigenvalue weighted by Gasteiger charge is 2.32. The first-order valence-corrected chi connectivity index (χ1v) is 6.86. The summed E-state index contributed by atoms with van der Waals surface area (Å²) in [5.74, 6) is 0.844. The number of nitrogens with zero attached hydrogens (tertiary/aromatic N) is 2. The molecule has 0 N–H and O–H groups in total. The lowest BCUT2D eigenvalue weighted by Crippen LogP contribution is -2.17. The zero-order chi connectivity index (χ0) is 15.5. The van der Waals surface area contributed by atoms with Crippen molar-refractivity contribution in [3.63, 3.8) is 0 Å². The van der Waals surface area contributed by atoms with E-state index < -0.39 is 6.36 Å². The number of rotatable bonds is 5. The van der Waals surface area contributed by atoms with Crippen molar-refractivity contribution >= 4 is 15.9 Å². The van der Waals surface area contributed by atoms with Crippen LogP contribution in [0.1, 0.15) is 12.7 Å². The third-order valence-electron chi connectivity index (χ3n) is 2.64. The number of ether oxygens (including phenoxy) is 2. The molecule has 114 valence electrons. The number of alkyl halides is 3. The van der Waals surface area contributed by atoms with Gasteiger partial charge < -0.3 is 14.0 Å². The van der Waals surface area contributed by atoms with Crippen LogP contribution in [0.5, 0.6) is 11.5 Å². The van der Waals surface area contributed by atoms with E-state index in [1.165, 1.54) is 18.2 Å². The average molecular weight is 365 g/mol. The molecule has 1 aromatic heterocycles. The minimum Gasteiger partial charge on any atom is -0.486 e. The van der Waals surface area contributed by atoms with Crippen LogP contribution < -0.4 is 9.47 Å². The zero-order valence-corrected chi connectivity index (χ0v) is 12.6. The topological polar surface area (TPSA) is 36.3 Å². The SMILES string of the molecule is CCn1ccnc1COc1ccc(OC(F)(F)F)c(Br)c1. The van der Waals surface area contributed by atoms with Crippen LogP contribution in [0.2, 0.25) is 0 Å². The van der Waals surface area contributed by atoms with Crippen molar-refractivity contribution in [1.82, 2.24) is 9.55 Å². The van der Waals surface area contributed by atoms with Gasteiger partial charge in [0.05, 0.1) is 4.47 Å². The van der Waals surface area contributed by atoms with Crippen molar-refractivity contribution in [3.05, 3.63) is 40.9 Å². The molecule has 0 spiro atoms. The van der Waals surface area contributed by atoms with Gasteiger partial charge in [0.15, 0.2) is 0 Å². The summed E-state index contributed by atoms with van der Waals surface area (Å²) in [6, 6.07) is 4.02. The quantitative estimate of drug-likeness (QED) is 0.799. The normalized spacial score (nSPS) is 11.5. The number of imidazole rings is 1. The summed E-state index contributed by atoms with van der Waals surface area (Å²) in [6.45, 7) is 2.97. The number of halogens is 4. The summed E-state index contributed by atoms with van der Waals surface area (Å²) in [7, 11) is 0. The second-order valence-corrected chi connectivity index (χ2v) is 4.91. The van der Waals surface area contributed by atoms with Crippen molar-refractivity contribution in [2.45, 2.75) is 26.4 Å². The maximum Gasteiger partial charge on any atom is 0.573 e. The van der Waals surface area contributed by atoms with Gasteiger partial charge in [0, 0.05) is 18.9 Å². The Morgan fingerprint density at radius 3 is 2.71 bits per heavy atom. The van der Waals surface area contributed by atoms with Gasteiger partial charge in [-0.3, -0.25) is 0 Å². The predicted molar refractivity (Wildman–Crippen MR) is 73.1 cm³/mol. The van der Waals surface area contributed by atoms with Gasteiger partial charge in [0.1, 0.15) is 23.9 Å². The number of hydrogen-bond donors (Lipinski definition) is 0. The van der Waals surface area contributed by atoms with Crippen molar-refractivity contribution in [3.8, 4) is 11.5 Å². The largest absolute Gasteiger partial charge is 0.573 e. The second-order valence-electron chi connectivity index (χ2n) is 4.06. The molecule has 1 heterocycles. The number of aromatic nitrogens is 2. The molecule has 0 fully saturated rings. The molecular weight excluding hydrogens is 353 g/mol. The summed E-state index contributed by atoms with van der Waals surface area (Å²) >= 11 is 3.02. The highest BCUT2D eigenvalue weighted by atomic mass is 79.9. The molecule has 21 heavy (non-hydrogen) atoms. The van der Waals surface area contributed by atoms with E-state index in [9.17, 15) is 13.2 Å². The van der Waals surface area contributed by atoms with E-state index in [1.807, 2.05) is 17.7 Å². The Hall–Kier alpha value is -1.70. The summed E-state index contributed by atoms with van der Waals surface area (Å²) in [4.78, 5) is 4.14. The van der Waals surface area contributed by atoms with E-state index in [0.29, 0.717) is 5.75 Å². The van der Waals surface area contributed by atoms with Gasteiger partial charge >= 0.3 is 6.36 Å². The van der Waals surface area contributed by atoms with E-state index in [-0.39, 0.29) is 16.8 Å². The molecule has 0 aliphatic rings. The van der Waals surface area contributed by atoms with E-state index >= 15 is 0 Å². The summed E-state index contributed by atoms with van der Waals surface area (Å²) in [5, 5.41) is 0. The lowest BCUT2D eigenvalue weighted by Gasteiger charge is -2.12. The van der Waals surface area contributed by atoms with Crippen molar-refractivity contribution in [2.75, 3.05) is 0 Å². The molecule has 8 heteroatoms. The smallest absolute Gasteiger partial charge is 0.486 e. The van der Waals surface area contributed by atoms with Gasteiger partial charge in [-0.15, -0.1) is 13.2 Å². The second kappa shape index (κ2) is 6.38. The Morgan fingerprint density at radius 1 is 1.33 bits per heavy atom. The molecule has 0 radical (unpaired) electrons. The first kappa shape index (κ1) is 15.7. The van der Waals surface area contributed by atoms with E-state index in [4.69, 9.17) is 4.74 Å². The van der Waals surface area contributed by atoms with Gasteiger partial charge in [-0.1, -0.05) is 0 Å². The summed E-state index contributed by atoms with van der Waals surface area (Å²) < 4.78 is 47.9. The maximum absolute atomic E-state index is 12.2. The van der Waals surface area contributed by atoms with E-state index in [0.717, 1.165) is 12.4 Å². The Balaban J connectivity index is 2.03. The lowest BCUT2D eigenvalue weighted by atomic mass is 10.3. The molecule has 0 saturated heterocycles. The molecule has 2 aromatic rings. The summed E-state index contributed by atoms with van der Waals surface area (Å²) in [6.07, 6.45) is -1.23. The fraction of sp³-hybridized carbons (Fsp3) is 0.308. The van der Waals surface area contributed by atoms with Crippen LogP contribution in [0.3, 0.4) is 0 Å². The molecule has 0 bridgehead atoms. The molecule has 0 aliphatic heterocycles. The fourth-order valence-corrected chi connectivity index (χ4v) is 2.13. The molecule has 0 unspecified atom stereocenters. The standard InChI is InChI=1S/C13H12BrF3N2O2/c1-2-19-6-5-18-12(19)8-20-9-3-4-11(10(14)7-9)21-13(15,16)17/h3-7H,2,8H2,1H3. The van der Waals surface area contributed by atoms with Crippen molar-refractivity contribution in [1.29, 1.82) is 0 Å². The Bertz CT molecular complexity index is 614. The zero-order valence-electron chi connectivity index (χ0n) is 11.0. The molecular formula is C13H12BrF3N2O2. The first-order valence-electron chi connectivity index (χ1n) is 6.07. The van der Waals surface area contributed by atoms with Crippen LogP contribution in [0, 0.1) is 0 Å². The molecule has 4 nitrogen and oxygen atoms in total. The molecule has 2 rings (SSSR count). The third-order valence-corrected chi connectivity index (χ3v) is 3.26. The van der Waals surface area contributed by atoms with Crippen LogP contribution in [-0.2, 0) is 13.2 Å².